The summed E-state index contributed by atoms with van der Waals surface area (Å²) in [5.41, 5.74) is 0. The third-order valence-electron chi connectivity index (χ3n) is 5.13. The Morgan fingerprint density at radius 2 is 1.77 bits per heavy atom. The number of amides is 1. The molecule has 0 radical (unpaired) electrons. The van der Waals surface area contributed by atoms with Crippen LogP contribution in [0.15, 0.2) is 0 Å². The van der Waals surface area contributed by atoms with E-state index in [0.29, 0.717) is 24.5 Å². The van der Waals surface area contributed by atoms with Crippen LogP contribution in [0.5, 0.6) is 0 Å². The molecule has 2 saturated heterocycles. The van der Waals surface area contributed by atoms with Crippen molar-refractivity contribution >= 4 is 5.91 Å². The third kappa shape index (κ3) is 5.21. The maximum Gasteiger partial charge on any atom is 0.222 e. The van der Waals surface area contributed by atoms with Crippen molar-refractivity contribution in [2.45, 2.75) is 51.7 Å². The molecule has 0 spiro atoms. The molecule has 128 valence electrons. The van der Waals surface area contributed by atoms with Gasteiger partial charge in [0.05, 0.1) is 6.10 Å². The van der Waals surface area contributed by atoms with E-state index in [9.17, 15) is 4.79 Å². The molecule has 2 heterocycles. The molecule has 1 amide bonds. The predicted molar refractivity (Wildman–Crippen MR) is 89.0 cm³/mol. The van der Waals surface area contributed by atoms with Crippen molar-refractivity contribution in [3.63, 3.8) is 0 Å². The summed E-state index contributed by atoms with van der Waals surface area (Å²) in [6.07, 6.45) is 4.01. The molecule has 1 atom stereocenters. The molecule has 0 bridgehead atoms. The standard InChI is InChI=1S/C17H33N3O2/c1-4-22-16-7-9-20(10-8-16)17(21)6-5-15(2)19-13-11-18(3)12-14-19/h15-16H,4-14H2,1-3H3. The van der Waals surface area contributed by atoms with Gasteiger partial charge < -0.3 is 14.5 Å². The average molecular weight is 311 g/mol. The van der Waals surface area contributed by atoms with E-state index in [-0.39, 0.29) is 0 Å². The van der Waals surface area contributed by atoms with E-state index in [2.05, 4.69) is 23.8 Å². The van der Waals surface area contributed by atoms with E-state index in [0.717, 1.165) is 65.1 Å². The van der Waals surface area contributed by atoms with Gasteiger partial charge in [0.1, 0.15) is 0 Å². The molecule has 0 aromatic heterocycles. The van der Waals surface area contributed by atoms with Crippen molar-refractivity contribution in [2.24, 2.45) is 0 Å². The number of carbonyl (C=O) groups is 1. The lowest BCUT2D eigenvalue weighted by molar-refractivity contribution is -0.134. The first kappa shape index (κ1) is 17.7. The van der Waals surface area contributed by atoms with Gasteiger partial charge in [-0.05, 0) is 40.2 Å². The number of ether oxygens (including phenoxy) is 1. The van der Waals surface area contributed by atoms with Crippen LogP contribution in [0.1, 0.15) is 39.5 Å². The molecule has 0 aromatic rings. The second kappa shape index (κ2) is 8.85. The van der Waals surface area contributed by atoms with Crippen molar-refractivity contribution in [3.8, 4) is 0 Å². The largest absolute Gasteiger partial charge is 0.378 e. The third-order valence-corrected chi connectivity index (χ3v) is 5.13. The number of hydrogen-bond donors (Lipinski definition) is 0. The highest BCUT2D eigenvalue weighted by Crippen LogP contribution is 2.16. The molecule has 2 aliphatic heterocycles. The highest BCUT2D eigenvalue weighted by molar-refractivity contribution is 5.76. The zero-order valence-electron chi connectivity index (χ0n) is 14.6. The fourth-order valence-electron chi connectivity index (χ4n) is 3.44. The summed E-state index contributed by atoms with van der Waals surface area (Å²) in [6.45, 7) is 11.4. The van der Waals surface area contributed by atoms with Gasteiger partial charge in [0.15, 0.2) is 0 Å². The van der Waals surface area contributed by atoms with Gasteiger partial charge in [-0.25, -0.2) is 0 Å². The Labute approximate surface area is 135 Å². The van der Waals surface area contributed by atoms with E-state index in [1.54, 1.807) is 0 Å². The molecule has 5 nitrogen and oxygen atoms in total. The first-order valence-electron chi connectivity index (χ1n) is 8.92. The molecule has 0 aromatic carbocycles. The minimum atomic E-state index is 0.330. The Kier molecular flexibility index (Phi) is 7.12. The van der Waals surface area contributed by atoms with Crippen LogP contribution >= 0.6 is 0 Å². The maximum atomic E-state index is 12.4. The molecule has 5 heteroatoms. The van der Waals surface area contributed by atoms with Crippen molar-refractivity contribution < 1.29 is 9.53 Å². The lowest BCUT2D eigenvalue weighted by Crippen LogP contribution is -2.48. The highest BCUT2D eigenvalue weighted by atomic mass is 16.5. The summed E-state index contributed by atoms with van der Waals surface area (Å²) in [5, 5.41) is 0. The summed E-state index contributed by atoms with van der Waals surface area (Å²) in [7, 11) is 2.18. The normalized spacial score (nSPS) is 23.7. The molecular weight excluding hydrogens is 278 g/mol. The summed E-state index contributed by atoms with van der Waals surface area (Å²) < 4.78 is 5.65. The molecule has 0 aliphatic carbocycles. The minimum Gasteiger partial charge on any atom is -0.378 e. The first-order chi connectivity index (χ1) is 10.6. The molecule has 22 heavy (non-hydrogen) atoms. The van der Waals surface area contributed by atoms with Gasteiger partial charge in [-0.2, -0.15) is 0 Å². The van der Waals surface area contributed by atoms with E-state index in [1.165, 1.54) is 0 Å². The average Bonchev–Trinajstić information content (AvgIpc) is 2.54. The molecule has 2 rings (SSSR count). The van der Waals surface area contributed by atoms with Crippen molar-refractivity contribution in [3.05, 3.63) is 0 Å². The van der Waals surface area contributed by atoms with Crippen molar-refractivity contribution in [1.82, 2.24) is 14.7 Å². The molecule has 2 aliphatic rings. The predicted octanol–water partition coefficient (Wildman–Crippen LogP) is 1.43. The Morgan fingerprint density at radius 3 is 2.36 bits per heavy atom. The number of hydrogen-bond acceptors (Lipinski definition) is 4. The summed E-state index contributed by atoms with van der Waals surface area (Å²) in [4.78, 5) is 19.3. The van der Waals surface area contributed by atoms with Gasteiger partial charge in [-0.1, -0.05) is 0 Å². The number of nitrogens with zero attached hydrogens (tertiary/aromatic N) is 3. The van der Waals surface area contributed by atoms with Crippen LogP contribution in [-0.2, 0) is 9.53 Å². The van der Waals surface area contributed by atoms with E-state index >= 15 is 0 Å². The summed E-state index contributed by atoms with van der Waals surface area (Å²) in [6, 6.07) is 0.513. The van der Waals surface area contributed by atoms with Crippen LogP contribution in [0.3, 0.4) is 0 Å². The smallest absolute Gasteiger partial charge is 0.222 e. The lowest BCUT2D eigenvalue weighted by atomic mass is 10.1. The van der Waals surface area contributed by atoms with E-state index in [4.69, 9.17) is 4.74 Å². The Bertz CT molecular complexity index is 335. The van der Waals surface area contributed by atoms with Gasteiger partial charge in [-0.15, -0.1) is 0 Å². The maximum absolute atomic E-state index is 12.4. The second-order valence-corrected chi connectivity index (χ2v) is 6.76. The zero-order valence-corrected chi connectivity index (χ0v) is 14.6. The number of carbonyl (C=O) groups excluding carboxylic acids is 1. The summed E-state index contributed by atoms with van der Waals surface area (Å²) >= 11 is 0. The minimum absolute atomic E-state index is 0.330. The van der Waals surface area contributed by atoms with Crippen molar-refractivity contribution in [2.75, 3.05) is 52.9 Å². The van der Waals surface area contributed by atoms with E-state index < -0.39 is 0 Å². The molecular formula is C17H33N3O2. The van der Waals surface area contributed by atoms with Crippen LogP contribution in [0.4, 0.5) is 0 Å². The van der Waals surface area contributed by atoms with Crippen LogP contribution in [-0.4, -0.2) is 85.7 Å². The van der Waals surface area contributed by atoms with Gasteiger partial charge in [0.25, 0.3) is 0 Å². The molecule has 0 N–H and O–H groups in total. The quantitative estimate of drug-likeness (QED) is 0.743. The first-order valence-corrected chi connectivity index (χ1v) is 8.92. The lowest BCUT2D eigenvalue weighted by Gasteiger charge is -2.37. The monoisotopic (exact) mass is 311 g/mol. The van der Waals surface area contributed by atoms with Gasteiger partial charge in [0.2, 0.25) is 5.91 Å². The van der Waals surface area contributed by atoms with Crippen LogP contribution < -0.4 is 0 Å². The van der Waals surface area contributed by atoms with Gasteiger partial charge >= 0.3 is 0 Å². The number of rotatable bonds is 6. The van der Waals surface area contributed by atoms with Crippen molar-refractivity contribution in [1.29, 1.82) is 0 Å². The van der Waals surface area contributed by atoms with Crippen LogP contribution in [0.2, 0.25) is 0 Å². The molecule has 0 saturated carbocycles. The SMILES string of the molecule is CCOC1CCN(C(=O)CCC(C)N2CCN(C)CC2)CC1. The topological polar surface area (TPSA) is 36.0 Å². The number of likely N-dealkylation sites (N-methyl/N-ethyl adjacent to an activating group) is 1. The fraction of sp³-hybridized carbons (Fsp3) is 0.941. The van der Waals surface area contributed by atoms with E-state index in [1.807, 2.05) is 11.8 Å². The number of likely N-dealkylation sites (tertiary alicyclic amines) is 1. The summed E-state index contributed by atoms with van der Waals surface area (Å²) in [5.74, 6) is 0.330. The molecule has 1 unspecified atom stereocenters. The highest BCUT2D eigenvalue weighted by Gasteiger charge is 2.24. The Hall–Kier alpha value is -0.650. The second-order valence-electron chi connectivity index (χ2n) is 6.76. The van der Waals surface area contributed by atoms with Crippen LogP contribution in [0, 0.1) is 0 Å². The fourth-order valence-corrected chi connectivity index (χ4v) is 3.44. The number of piperazine rings is 1. The zero-order chi connectivity index (χ0) is 15.9. The Morgan fingerprint density at radius 1 is 1.14 bits per heavy atom. The Balaban J connectivity index is 1.65. The molecule has 2 fully saturated rings. The van der Waals surface area contributed by atoms with Crippen LogP contribution in [0.25, 0.3) is 0 Å². The number of piperidine rings is 1. The van der Waals surface area contributed by atoms with Gasteiger partial charge in [0, 0.05) is 58.3 Å². The van der Waals surface area contributed by atoms with Gasteiger partial charge in [-0.3, -0.25) is 9.69 Å².